The summed E-state index contributed by atoms with van der Waals surface area (Å²) in [6, 6.07) is 5.49. The molecule has 2 atom stereocenters. The van der Waals surface area contributed by atoms with E-state index in [0.717, 1.165) is 50.3 Å². The first-order valence-electron chi connectivity index (χ1n) is 13.4. The highest BCUT2D eigenvalue weighted by atomic mass is 19.1. The molecule has 2 saturated heterocycles. The van der Waals surface area contributed by atoms with Crippen LogP contribution in [0.1, 0.15) is 43.0 Å². The molecule has 202 valence electrons. The number of likely N-dealkylation sites (tertiary alicyclic amines) is 2. The van der Waals surface area contributed by atoms with Crippen LogP contribution in [-0.4, -0.2) is 77.9 Å². The fourth-order valence-electron chi connectivity index (χ4n) is 5.91. The summed E-state index contributed by atoms with van der Waals surface area (Å²) in [5.41, 5.74) is 2.63. The second-order valence-electron chi connectivity index (χ2n) is 10.7. The quantitative estimate of drug-likeness (QED) is 0.399. The van der Waals surface area contributed by atoms with Gasteiger partial charge in [0.15, 0.2) is 11.5 Å². The molecule has 2 aliphatic heterocycles. The fraction of sp³-hybridized carbons (Fsp3) is 0.429. The van der Waals surface area contributed by atoms with Gasteiger partial charge in [-0.15, -0.1) is 0 Å². The van der Waals surface area contributed by atoms with Gasteiger partial charge in [-0.2, -0.15) is 0 Å². The molecule has 6 rings (SSSR count). The molecule has 10 nitrogen and oxygen atoms in total. The van der Waals surface area contributed by atoms with E-state index in [1.165, 1.54) is 0 Å². The van der Waals surface area contributed by atoms with Crippen LogP contribution in [0.25, 0.3) is 22.4 Å². The normalized spacial score (nSPS) is 19.3. The van der Waals surface area contributed by atoms with E-state index in [1.54, 1.807) is 24.5 Å². The Morgan fingerprint density at radius 1 is 1.05 bits per heavy atom. The van der Waals surface area contributed by atoms with Gasteiger partial charge in [-0.3, -0.25) is 4.79 Å². The van der Waals surface area contributed by atoms with Crippen LogP contribution in [0.2, 0.25) is 0 Å². The number of nitrogens with one attached hydrogen (secondary N) is 1. The summed E-state index contributed by atoms with van der Waals surface area (Å²) >= 11 is 0. The van der Waals surface area contributed by atoms with E-state index in [9.17, 15) is 9.18 Å². The first kappa shape index (κ1) is 25.3. The zero-order valence-corrected chi connectivity index (χ0v) is 22.6. The molecule has 0 aromatic carbocycles. The lowest BCUT2D eigenvalue weighted by Crippen LogP contribution is -2.33. The lowest BCUT2D eigenvalue weighted by Gasteiger charge is -2.20. The van der Waals surface area contributed by atoms with E-state index in [2.05, 4.69) is 60.5 Å². The largest absolute Gasteiger partial charge is 0.338 e. The Balaban J connectivity index is 1.18. The van der Waals surface area contributed by atoms with Crippen LogP contribution >= 0.6 is 0 Å². The smallest absolute Gasteiger partial charge is 0.255 e. The first-order valence-corrected chi connectivity index (χ1v) is 13.4. The number of hydrogen-bond acceptors (Lipinski definition) is 8. The number of hydrogen-bond donors (Lipinski definition) is 1. The standard InChI is InChI=1S/C28H32FN9O/c1-5-36-12-20-14-37(15-21(20)13-36)27(39)18-6-7-24(30-9-18)34-28-32-11-22(29)25(35-28)19-8-23-26(31-10-19)33-17(4)38(23)16(2)3/h6-11,16,20-21H,5,12-15H2,1-4H3,(H,30,32,34,35). The molecule has 1 N–H and O–H groups in total. The third-order valence-corrected chi connectivity index (χ3v) is 7.80. The van der Waals surface area contributed by atoms with Gasteiger partial charge in [-0.05, 0) is 57.4 Å². The maximum atomic E-state index is 14.8. The topological polar surface area (TPSA) is 105 Å². The number of carbonyl (C=O) groups is 1. The summed E-state index contributed by atoms with van der Waals surface area (Å²) in [4.78, 5) is 39.3. The highest BCUT2D eigenvalue weighted by molar-refractivity contribution is 5.94. The highest BCUT2D eigenvalue weighted by Gasteiger charge is 2.41. The number of nitrogens with zero attached hydrogens (tertiary/aromatic N) is 8. The van der Waals surface area contributed by atoms with E-state index in [1.807, 2.05) is 17.9 Å². The molecule has 0 radical (unpaired) electrons. The van der Waals surface area contributed by atoms with Crippen LogP contribution in [0.5, 0.6) is 0 Å². The van der Waals surface area contributed by atoms with Crippen molar-refractivity contribution < 1.29 is 9.18 Å². The van der Waals surface area contributed by atoms with Gasteiger partial charge < -0.3 is 19.7 Å². The maximum Gasteiger partial charge on any atom is 0.255 e. The third-order valence-electron chi connectivity index (χ3n) is 7.80. The lowest BCUT2D eigenvalue weighted by atomic mass is 10.0. The summed E-state index contributed by atoms with van der Waals surface area (Å²) in [5.74, 6) is 2.06. The van der Waals surface area contributed by atoms with E-state index >= 15 is 0 Å². The average molecular weight is 530 g/mol. The van der Waals surface area contributed by atoms with Gasteiger partial charge in [-0.25, -0.2) is 29.3 Å². The summed E-state index contributed by atoms with van der Waals surface area (Å²) < 4.78 is 16.9. The number of fused-ring (bicyclic) bond motifs is 2. The van der Waals surface area contributed by atoms with Crippen LogP contribution in [0.3, 0.4) is 0 Å². The van der Waals surface area contributed by atoms with Crippen molar-refractivity contribution >= 4 is 28.8 Å². The zero-order valence-electron chi connectivity index (χ0n) is 22.6. The van der Waals surface area contributed by atoms with Crippen molar-refractivity contribution in [2.45, 2.75) is 33.7 Å². The lowest BCUT2D eigenvalue weighted by molar-refractivity contribution is 0.0774. The number of anilines is 2. The molecule has 11 heteroatoms. The minimum atomic E-state index is -0.555. The number of aryl methyl sites for hydroxylation is 1. The number of pyridine rings is 2. The molecule has 0 bridgehead atoms. The van der Waals surface area contributed by atoms with Crippen LogP contribution in [0.4, 0.5) is 16.2 Å². The van der Waals surface area contributed by atoms with Crippen molar-refractivity contribution in [1.82, 2.24) is 39.3 Å². The van der Waals surface area contributed by atoms with Gasteiger partial charge in [0.2, 0.25) is 5.95 Å². The number of imidazole rings is 1. The molecule has 0 saturated carbocycles. The van der Waals surface area contributed by atoms with Gasteiger partial charge >= 0.3 is 0 Å². The Morgan fingerprint density at radius 2 is 1.82 bits per heavy atom. The Morgan fingerprint density at radius 3 is 2.49 bits per heavy atom. The minimum Gasteiger partial charge on any atom is -0.338 e. The molecule has 6 heterocycles. The van der Waals surface area contributed by atoms with Crippen molar-refractivity contribution in [3.05, 3.63) is 54.0 Å². The number of aromatic nitrogens is 6. The minimum absolute atomic E-state index is 0.00517. The molecule has 1 amide bonds. The number of rotatable bonds is 6. The number of amides is 1. The monoisotopic (exact) mass is 529 g/mol. The van der Waals surface area contributed by atoms with Crippen molar-refractivity contribution in [2.24, 2.45) is 11.8 Å². The van der Waals surface area contributed by atoms with E-state index < -0.39 is 5.82 Å². The second kappa shape index (κ2) is 9.96. The molecule has 4 aromatic heterocycles. The highest BCUT2D eigenvalue weighted by Crippen LogP contribution is 2.32. The first-order chi connectivity index (χ1) is 18.8. The van der Waals surface area contributed by atoms with Crippen LogP contribution in [0.15, 0.2) is 36.8 Å². The fourth-order valence-corrected chi connectivity index (χ4v) is 5.91. The Bertz CT molecular complexity index is 1520. The van der Waals surface area contributed by atoms with E-state index in [-0.39, 0.29) is 23.6 Å². The van der Waals surface area contributed by atoms with E-state index in [4.69, 9.17) is 0 Å². The van der Waals surface area contributed by atoms with Gasteiger partial charge in [-0.1, -0.05) is 6.92 Å². The van der Waals surface area contributed by atoms with Crippen molar-refractivity contribution in [3.8, 4) is 11.3 Å². The van der Waals surface area contributed by atoms with Gasteiger partial charge in [0, 0.05) is 50.2 Å². The molecule has 4 aromatic rings. The molecule has 2 aliphatic rings. The Labute approximate surface area is 226 Å². The molecule has 2 unspecified atom stereocenters. The Kier molecular flexibility index (Phi) is 6.46. The predicted molar refractivity (Wildman–Crippen MR) is 146 cm³/mol. The van der Waals surface area contributed by atoms with Crippen LogP contribution in [0, 0.1) is 24.6 Å². The Hall–Kier alpha value is -3.99. The number of halogens is 1. The average Bonchev–Trinajstić information content (AvgIpc) is 3.60. The molecule has 2 fully saturated rings. The number of carbonyl (C=O) groups excluding carboxylic acids is 1. The second-order valence-corrected chi connectivity index (χ2v) is 10.7. The van der Waals surface area contributed by atoms with Gasteiger partial charge in [0.25, 0.3) is 5.91 Å². The van der Waals surface area contributed by atoms with Gasteiger partial charge in [0.05, 0.1) is 17.3 Å². The predicted octanol–water partition coefficient (Wildman–Crippen LogP) is 4.08. The van der Waals surface area contributed by atoms with E-state index in [0.29, 0.717) is 34.4 Å². The molecular formula is C28H32FN9O. The molecule has 39 heavy (non-hydrogen) atoms. The molecular weight excluding hydrogens is 497 g/mol. The third kappa shape index (κ3) is 4.71. The van der Waals surface area contributed by atoms with Crippen molar-refractivity contribution in [3.63, 3.8) is 0 Å². The summed E-state index contributed by atoms with van der Waals surface area (Å²) in [5, 5.41) is 3.02. The van der Waals surface area contributed by atoms with Crippen LogP contribution in [-0.2, 0) is 0 Å². The van der Waals surface area contributed by atoms with Crippen LogP contribution < -0.4 is 5.32 Å². The molecule has 0 aliphatic carbocycles. The SMILES string of the molecule is CCN1CC2CN(C(=O)c3ccc(Nc4ncc(F)c(-c5cnc6nc(C)n(C(C)C)c6c5)n4)nc3)CC2C1. The summed E-state index contributed by atoms with van der Waals surface area (Å²) in [6.45, 7) is 13.0. The summed E-state index contributed by atoms with van der Waals surface area (Å²) in [6.07, 6.45) is 4.26. The molecule has 0 spiro atoms. The van der Waals surface area contributed by atoms with Crippen molar-refractivity contribution in [1.29, 1.82) is 0 Å². The van der Waals surface area contributed by atoms with Crippen molar-refractivity contribution in [2.75, 3.05) is 38.0 Å². The summed E-state index contributed by atoms with van der Waals surface area (Å²) in [7, 11) is 0. The maximum absolute atomic E-state index is 14.8. The van der Waals surface area contributed by atoms with Gasteiger partial charge in [0.1, 0.15) is 17.3 Å². The zero-order chi connectivity index (χ0) is 27.3.